The number of rotatable bonds is 5. The summed E-state index contributed by atoms with van der Waals surface area (Å²) in [5.74, 6) is 0.317. The van der Waals surface area contributed by atoms with Gasteiger partial charge in [-0.3, -0.25) is 15.2 Å². The van der Waals surface area contributed by atoms with Crippen molar-refractivity contribution in [1.82, 2.24) is 19.9 Å². The van der Waals surface area contributed by atoms with Crippen molar-refractivity contribution >= 4 is 27.3 Å². The summed E-state index contributed by atoms with van der Waals surface area (Å²) in [7, 11) is -3.91. The highest BCUT2D eigenvalue weighted by atomic mass is 35.5. The topological polar surface area (TPSA) is 131 Å². The van der Waals surface area contributed by atoms with Crippen LogP contribution >= 0.6 is 11.6 Å². The van der Waals surface area contributed by atoms with Crippen molar-refractivity contribution < 1.29 is 13.3 Å². The highest BCUT2D eigenvalue weighted by Crippen LogP contribution is 2.26. The molecule has 0 saturated carbocycles. The quantitative estimate of drug-likeness (QED) is 0.620. The van der Waals surface area contributed by atoms with E-state index in [0.29, 0.717) is 5.82 Å². The molecule has 0 radical (unpaired) electrons. The van der Waals surface area contributed by atoms with Crippen molar-refractivity contribution in [2.75, 3.05) is 0 Å². The summed E-state index contributed by atoms with van der Waals surface area (Å²) in [6, 6.07) is 3.23. The molecule has 0 fully saturated rings. The Hall–Kier alpha value is -2.04. The second-order valence-corrected chi connectivity index (χ2v) is 5.80. The lowest BCUT2D eigenvalue weighted by atomic mass is 10.3. The van der Waals surface area contributed by atoms with E-state index in [2.05, 4.69) is 19.9 Å². The van der Waals surface area contributed by atoms with Crippen LogP contribution in [0.1, 0.15) is 5.82 Å². The number of H-pyrrole nitrogens is 1. The number of nitrogens with one attached hydrogen (secondary N) is 2. The third-order valence-corrected chi connectivity index (χ3v) is 4.04. The molecule has 0 unspecified atom stereocenters. The molecule has 20 heavy (non-hydrogen) atoms. The van der Waals surface area contributed by atoms with E-state index < -0.39 is 20.6 Å². The van der Waals surface area contributed by atoms with Gasteiger partial charge in [-0.2, -0.15) is 5.10 Å². The van der Waals surface area contributed by atoms with Crippen LogP contribution in [0.25, 0.3) is 0 Å². The zero-order valence-electron chi connectivity index (χ0n) is 9.78. The normalized spacial score (nSPS) is 11.4. The Kier molecular flexibility index (Phi) is 3.97. The lowest BCUT2D eigenvalue weighted by Gasteiger charge is -2.05. The van der Waals surface area contributed by atoms with Gasteiger partial charge in [0.05, 0.1) is 16.4 Å². The van der Waals surface area contributed by atoms with E-state index in [1.54, 1.807) is 0 Å². The van der Waals surface area contributed by atoms with Crippen LogP contribution in [0.2, 0.25) is 5.02 Å². The molecule has 0 spiro atoms. The fourth-order valence-corrected chi connectivity index (χ4v) is 2.56. The molecular weight excluding hydrogens is 310 g/mol. The molecule has 2 rings (SSSR count). The molecule has 0 saturated heterocycles. The molecule has 0 aliphatic carbocycles. The van der Waals surface area contributed by atoms with Crippen molar-refractivity contribution in [2.24, 2.45) is 0 Å². The van der Waals surface area contributed by atoms with E-state index in [1.807, 2.05) is 0 Å². The molecule has 0 aliphatic rings. The molecule has 9 nitrogen and oxygen atoms in total. The summed E-state index contributed by atoms with van der Waals surface area (Å²) in [4.78, 5) is 13.5. The van der Waals surface area contributed by atoms with Gasteiger partial charge in [-0.15, -0.1) is 0 Å². The first-order valence-electron chi connectivity index (χ1n) is 5.18. The van der Waals surface area contributed by atoms with E-state index in [0.717, 1.165) is 12.1 Å². The maximum absolute atomic E-state index is 12.0. The zero-order chi connectivity index (χ0) is 14.8. The molecule has 2 aromatic rings. The number of nitro groups is 1. The van der Waals surface area contributed by atoms with Crippen LogP contribution in [0.5, 0.6) is 0 Å². The van der Waals surface area contributed by atoms with Crippen LogP contribution in [-0.2, 0) is 16.6 Å². The zero-order valence-corrected chi connectivity index (χ0v) is 11.3. The van der Waals surface area contributed by atoms with Crippen LogP contribution in [0.3, 0.4) is 0 Å². The maximum Gasteiger partial charge on any atom is 0.289 e. The lowest BCUT2D eigenvalue weighted by Crippen LogP contribution is -2.24. The average molecular weight is 318 g/mol. The van der Waals surface area contributed by atoms with Gasteiger partial charge in [-0.25, -0.2) is 18.1 Å². The predicted octanol–water partition coefficient (Wildman–Crippen LogP) is 0.845. The van der Waals surface area contributed by atoms with Crippen molar-refractivity contribution in [3.63, 3.8) is 0 Å². The molecule has 2 N–H and O–H groups in total. The number of nitro benzene ring substituents is 1. The predicted molar refractivity (Wildman–Crippen MR) is 68.5 cm³/mol. The Morgan fingerprint density at radius 3 is 2.80 bits per heavy atom. The number of halogens is 1. The Balaban J connectivity index is 2.25. The van der Waals surface area contributed by atoms with E-state index in [-0.39, 0.29) is 16.5 Å². The van der Waals surface area contributed by atoms with E-state index in [1.165, 1.54) is 12.4 Å². The monoisotopic (exact) mass is 317 g/mol. The smallest absolute Gasteiger partial charge is 0.262 e. The number of aromatic nitrogens is 3. The SMILES string of the molecule is O=[N+]([O-])c1cc(S(=O)(=O)NCc2ncn[nH]2)ccc1Cl. The van der Waals surface area contributed by atoms with E-state index >= 15 is 0 Å². The molecule has 1 aromatic heterocycles. The average Bonchev–Trinajstić information content (AvgIpc) is 2.89. The van der Waals surface area contributed by atoms with Crippen molar-refractivity contribution in [2.45, 2.75) is 11.4 Å². The molecule has 1 heterocycles. The fourth-order valence-electron chi connectivity index (χ4n) is 1.36. The fraction of sp³-hybridized carbons (Fsp3) is 0.111. The maximum atomic E-state index is 12.0. The first kappa shape index (κ1) is 14.4. The Morgan fingerprint density at radius 2 is 2.20 bits per heavy atom. The third kappa shape index (κ3) is 3.10. The van der Waals surface area contributed by atoms with E-state index in [4.69, 9.17) is 11.6 Å². The summed E-state index contributed by atoms with van der Waals surface area (Å²) < 4.78 is 26.2. The second kappa shape index (κ2) is 5.53. The lowest BCUT2D eigenvalue weighted by molar-refractivity contribution is -0.384. The van der Waals surface area contributed by atoms with Gasteiger partial charge in [-0.05, 0) is 12.1 Å². The summed E-state index contributed by atoms with van der Waals surface area (Å²) >= 11 is 5.62. The Bertz CT molecular complexity index is 731. The standard InChI is InChI=1S/C9H8ClN5O4S/c10-7-2-1-6(3-8(7)15(16)17)20(18,19)13-4-9-11-5-12-14-9/h1-3,5,13H,4H2,(H,11,12,14). The minimum absolute atomic E-state index is 0.112. The number of benzene rings is 1. The molecular formula is C9H8ClN5O4S. The summed E-state index contributed by atoms with van der Waals surface area (Å²) in [6.45, 7) is -0.112. The van der Waals surface area contributed by atoms with E-state index in [9.17, 15) is 18.5 Å². The summed E-state index contributed by atoms with van der Waals surface area (Å²) in [5, 5.41) is 16.6. The summed E-state index contributed by atoms with van der Waals surface area (Å²) in [6.07, 6.45) is 1.23. The number of hydrogen-bond donors (Lipinski definition) is 2. The number of sulfonamides is 1. The van der Waals surface area contributed by atoms with Gasteiger partial charge in [0, 0.05) is 6.07 Å². The second-order valence-electron chi connectivity index (χ2n) is 3.63. The molecule has 106 valence electrons. The number of hydrogen-bond acceptors (Lipinski definition) is 6. The Labute approximate surface area is 118 Å². The van der Waals surface area contributed by atoms with Gasteiger partial charge in [0.15, 0.2) is 0 Å². The number of nitrogens with zero attached hydrogens (tertiary/aromatic N) is 3. The Morgan fingerprint density at radius 1 is 1.45 bits per heavy atom. The highest BCUT2D eigenvalue weighted by molar-refractivity contribution is 7.89. The van der Waals surface area contributed by atoms with Gasteiger partial charge in [0.2, 0.25) is 10.0 Å². The first-order valence-corrected chi connectivity index (χ1v) is 7.04. The van der Waals surface area contributed by atoms with Gasteiger partial charge in [0.1, 0.15) is 17.2 Å². The number of aromatic amines is 1. The van der Waals surface area contributed by atoms with Gasteiger partial charge >= 0.3 is 0 Å². The minimum atomic E-state index is -3.91. The highest BCUT2D eigenvalue weighted by Gasteiger charge is 2.20. The molecule has 0 aliphatic heterocycles. The van der Waals surface area contributed by atoms with Crippen LogP contribution in [0.15, 0.2) is 29.4 Å². The van der Waals surface area contributed by atoms with Gasteiger partial charge in [-0.1, -0.05) is 11.6 Å². The molecule has 0 atom stereocenters. The third-order valence-electron chi connectivity index (χ3n) is 2.32. The van der Waals surface area contributed by atoms with Crippen LogP contribution < -0.4 is 4.72 Å². The largest absolute Gasteiger partial charge is 0.289 e. The van der Waals surface area contributed by atoms with Crippen LogP contribution in [0, 0.1) is 10.1 Å². The molecule has 1 aromatic carbocycles. The molecule has 0 bridgehead atoms. The minimum Gasteiger partial charge on any atom is -0.262 e. The van der Waals surface area contributed by atoms with Crippen molar-refractivity contribution in [3.05, 3.63) is 45.5 Å². The van der Waals surface area contributed by atoms with Crippen LogP contribution in [-0.4, -0.2) is 28.5 Å². The van der Waals surface area contributed by atoms with Crippen LogP contribution in [0.4, 0.5) is 5.69 Å². The van der Waals surface area contributed by atoms with Gasteiger partial charge in [0.25, 0.3) is 5.69 Å². The first-order chi connectivity index (χ1) is 9.40. The van der Waals surface area contributed by atoms with Crippen molar-refractivity contribution in [1.29, 1.82) is 0 Å². The van der Waals surface area contributed by atoms with Crippen molar-refractivity contribution in [3.8, 4) is 0 Å². The molecule has 0 amide bonds. The molecule has 11 heteroatoms. The summed E-state index contributed by atoms with van der Waals surface area (Å²) in [5.41, 5.74) is -0.478. The van der Waals surface area contributed by atoms with Gasteiger partial charge < -0.3 is 0 Å².